The van der Waals surface area contributed by atoms with Gasteiger partial charge in [-0.3, -0.25) is 0 Å². The molecule has 4 heteroatoms. The Morgan fingerprint density at radius 2 is 1.94 bits per heavy atom. The van der Waals surface area contributed by atoms with Crippen LogP contribution in [0.1, 0.15) is 25.3 Å². The number of nitrogens with two attached hydrogens (primary N) is 1. The molecule has 0 aliphatic heterocycles. The quantitative estimate of drug-likeness (QED) is 0.878. The Balaban J connectivity index is 2.12. The maximum Gasteiger partial charge on any atom is 0.228 e. The molecular formula is C14H19N3O. The van der Waals surface area contributed by atoms with Gasteiger partial charge in [0, 0.05) is 18.5 Å². The molecule has 18 heavy (non-hydrogen) atoms. The molecule has 0 unspecified atom stereocenters. The van der Waals surface area contributed by atoms with Gasteiger partial charge in [-0.2, -0.15) is 4.98 Å². The molecule has 1 aromatic carbocycles. The topological polar surface area (TPSA) is 64.9 Å². The third-order valence-electron chi connectivity index (χ3n) is 2.68. The molecule has 0 saturated carbocycles. The van der Waals surface area contributed by atoms with Crippen LogP contribution in [0.25, 0.3) is 11.4 Å². The average molecular weight is 245 g/mol. The smallest absolute Gasteiger partial charge is 0.228 e. The van der Waals surface area contributed by atoms with E-state index in [1.54, 1.807) is 0 Å². The minimum Gasteiger partial charge on any atom is -0.339 e. The summed E-state index contributed by atoms with van der Waals surface area (Å²) in [5.74, 6) is 1.89. The Bertz CT molecular complexity index is 488. The van der Waals surface area contributed by atoms with Crippen LogP contribution in [0.4, 0.5) is 0 Å². The lowest BCUT2D eigenvalue weighted by molar-refractivity contribution is 0.380. The summed E-state index contributed by atoms with van der Waals surface area (Å²) in [4.78, 5) is 4.30. The Morgan fingerprint density at radius 1 is 1.22 bits per heavy atom. The van der Waals surface area contributed by atoms with Crippen molar-refractivity contribution in [2.75, 3.05) is 6.54 Å². The molecule has 0 atom stereocenters. The van der Waals surface area contributed by atoms with Crippen molar-refractivity contribution in [2.24, 2.45) is 11.7 Å². The van der Waals surface area contributed by atoms with Crippen molar-refractivity contribution < 1.29 is 4.52 Å². The Morgan fingerprint density at radius 3 is 2.56 bits per heavy atom. The Labute approximate surface area is 107 Å². The van der Waals surface area contributed by atoms with Crippen LogP contribution >= 0.6 is 0 Å². The third-order valence-corrected chi connectivity index (χ3v) is 2.68. The summed E-state index contributed by atoms with van der Waals surface area (Å²) in [5, 5.41) is 3.95. The zero-order valence-electron chi connectivity index (χ0n) is 10.9. The molecule has 1 aromatic heterocycles. The molecule has 0 saturated heterocycles. The van der Waals surface area contributed by atoms with Gasteiger partial charge < -0.3 is 10.3 Å². The molecule has 0 aliphatic rings. The molecule has 0 radical (unpaired) electrons. The number of aromatic nitrogens is 2. The van der Waals surface area contributed by atoms with Gasteiger partial charge in [0.25, 0.3) is 0 Å². The molecule has 0 aliphatic carbocycles. The fraction of sp³-hybridized carbons (Fsp3) is 0.429. The van der Waals surface area contributed by atoms with Gasteiger partial charge in [0.15, 0.2) is 0 Å². The van der Waals surface area contributed by atoms with Gasteiger partial charge in [-0.25, -0.2) is 0 Å². The van der Waals surface area contributed by atoms with Crippen molar-refractivity contribution in [1.29, 1.82) is 0 Å². The molecule has 0 spiro atoms. The number of benzene rings is 1. The Kier molecular flexibility index (Phi) is 4.10. The summed E-state index contributed by atoms with van der Waals surface area (Å²) in [6.07, 6.45) is 1.71. The first-order valence-electron chi connectivity index (χ1n) is 6.31. The summed E-state index contributed by atoms with van der Waals surface area (Å²) >= 11 is 0. The van der Waals surface area contributed by atoms with Crippen molar-refractivity contribution in [3.63, 3.8) is 0 Å². The van der Waals surface area contributed by atoms with Crippen LogP contribution in [0.5, 0.6) is 0 Å². The van der Waals surface area contributed by atoms with Crippen LogP contribution < -0.4 is 5.73 Å². The average Bonchev–Trinajstić information content (AvgIpc) is 2.78. The van der Waals surface area contributed by atoms with E-state index in [9.17, 15) is 0 Å². The molecule has 0 amide bonds. The number of nitrogens with zero attached hydrogens (tertiary/aromatic N) is 2. The molecule has 4 nitrogen and oxygen atoms in total. The van der Waals surface area contributed by atoms with Crippen LogP contribution in [0.3, 0.4) is 0 Å². The van der Waals surface area contributed by atoms with Crippen LogP contribution in [0, 0.1) is 5.92 Å². The molecule has 2 N–H and O–H groups in total. The molecule has 2 rings (SSSR count). The minimum atomic E-state index is 0.523. The maximum atomic E-state index is 5.45. The van der Waals surface area contributed by atoms with E-state index in [1.165, 1.54) is 5.56 Å². The predicted molar refractivity (Wildman–Crippen MR) is 71.0 cm³/mol. The highest BCUT2D eigenvalue weighted by molar-refractivity contribution is 5.54. The van der Waals surface area contributed by atoms with Crippen LogP contribution in [0.15, 0.2) is 28.8 Å². The number of hydrogen-bond acceptors (Lipinski definition) is 4. The number of rotatable bonds is 5. The summed E-state index contributed by atoms with van der Waals surface area (Å²) in [6, 6.07) is 8.31. The van der Waals surface area contributed by atoms with E-state index in [0.717, 1.165) is 12.0 Å². The third kappa shape index (κ3) is 3.17. The van der Waals surface area contributed by atoms with Crippen LogP contribution in [-0.4, -0.2) is 16.7 Å². The van der Waals surface area contributed by atoms with Crippen molar-refractivity contribution in [1.82, 2.24) is 10.1 Å². The zero-order valence-corrected chi connectivity index (χ0v) is 10.9. The largest absolute Gasteiger partial charge is 0.339 e. The SMILES string of the molecule is CC(C)Cc1ccc(-c2noc(CCN)n2)cc1. The second kappa shape index (κ2) is 5.78. The number of hydrogen-bond donors (Lipinski definition) is 1. The van der Waals surface area contributed by atoms with Crippen molar-refractivity contribution in [3.8, 4) is 11.4 Å². The monoisotopic (exact) mass is 245 g/mol. The second-order valence-corrected chi connectivity index (χ2v) is 4.85. The van der Waals surface area contributed by atoms with Crippen LogP contribution in [0.2, 0.25) is 0 Å². The first-order chi connectivity index (χ1) is 8.69. The summed E-state index contributed by atoms with van der Waals surface area (Å²) in [5.41, 5.74) is 7.76. The lowest BCUT2D eigenvalue weighted by atomic mass is 10.0. The van der Waals surface area contributed by atoms with E-state index < -0.39 is 0 Å². The van der Waals surface area contributed by atoms with Gasteiger partial charge in [-0.15, -0.1) is 0 Å². The van der Waals surface area contributed by atoms with E-state index >= 15 is 0 Å². The fourth-order valence-electron chi connectivity index (χ4n) is 1.86. The maximum absolute atomic E-state index is 5.45. The van der Waals surface area contributed by atoms with Gasteiger partial charge in [-0.05, 0) is 17.9 Å². The van der Waals surface area contributed by atoms with Crippen molar-refractivity contribution in [3.05, 3.63) is 35.7 Å². The summed E-state index contributed by atoms with van der Waals surface area (Å²) < 4.78 is 5.11. The van der Waals surface area contributed by atoms with Crippen molar-refractivity contribution in [2.45, 2.75) is 26.7 Å². The molecule has 0 fully saturated rings. The minimum absolute atomic E-state index is 0.523. The van der Waals surface area contributed by atoms with E-state index in [4.69, 9.17) is 10.3 Å². The summed E-state index contributed by atoms with van der Waals surface area (Å²) in [6.45, 7) is 4.95. The second-order valence-electron chi connectivity index (χ2n) is 4.85. The van der Waals surface area contributed by atoms with Gasteiger partial charge in [0.05, 0.1) is 0 Å². The lowest BCUT2D eigenvalue weighted by Gasteiger charge is -2.04. The molecule has 0 bridgehead atoms. The van der Waals surface area contributed by atoms with Gasteiger partial charge in [0.2, 0.25) is 11.7 Å². The molecule has 96 valence electrons. The van der Waals surface area contributed by atoms with E-state index in [2.05, 4.69) is 36.1 Å². The summed E-state index contributed by atoms with van der Waals surface area (Å²) in [7, 11) is 0. The van der Waals surface area contributed by atoms with E-state index in [1.807, 2.05) is 12.1 Å². The standard InChI is InChI=1S/C14H19N3O/c1-10(2)9-11-3-5-12(6-4-11)14-16-13(7-8-15)18-17-14/h3-6,10H,7-9,15H2,1-2H3. The van der Waals surface area contributed by atoms with Crippen molar-refractivity contribution >= 4 is 0 Å². The Hall–Kier alpha value is -1.68. The zero-order chi connectivity index (χ0) is 13.0. The normalized spacial score (nSPS) is 11.1. The van der Waals surface area contributed by atoms with E-state index in [-0.39, 0.29) is 0 Å². The van der Waals surface area contributed by atoms with E-state index in [0.29, 0.717) is 30.6 Å². The van der Waals surface area contributed by atoms with Gasteiger partial charge >= 0.3 is 0 Å². The highest BCUT2D eigenvalue weighted by Crippen LogP contribution is 2.18. The predicted octanol–water partition coefficient (Wildman–Crippen LogP) is 2.44. The van der Waals surface area contributed by atoms with Gasteiger partial charge in [-0.1, -0.05) is 43.3 Å². The molecule has 1 heterocycles. The molecular weight excluding hydrogens is 226 g/mol. The van der Waals surface area contributed by atoms with Crippen LogP contribution in [-0.2, 0) is 12.8 Å². The molecule has 2 aromatic rings. The first-order valence-corrected chi connectivity index (χ1v) is 6.31. The lowest BCUT2D eigenvalue weighted by Crippen LogP contribution is -2.02. The fourth-order valence-corrected chi connectivity index (χ4v) is 1.86. The highest BCUT2D eigenvalue weighted by atomic mass is 16.5. The van der Waals surface area contributed by atoms with Gasteiger partial charge in [0.1, 0.15) is 0 Å². The highest BCUT2D eigenvalue weighted by Gasteiger charge is 2.08. The first kappa shape index (κ1) is 12.8.